The van der Waals surface area contributed by atoms with Gasteiger partial charge in [-0.05, 0) is 37.0 Å². The summed E-state index contributed by atoms with van der Waals surface area (Å²) in [5, 5.41) is 4.29. The normalized spacial score (nSPS) is 15.7. The predicted molar refractivity (Wildman–Crippen MR) is 77.6 cm³/mol. The number of amides is 1. The molecule has 1 amide bonds. The molecule has 1 aromatic heterocycles. The summed E-state index contributed by atoms with van der Waals surface area (Å²) in [7, 11) is 0. The van der Waals surface area contributed by atoms with Crippen LogP contribution in [0.4, 0.5) is 0 Å². The highest BCUT2D eigenvalue weighted by atomic mass is 16.2. The van der Waals surface area contributed by atoms with Gasteiger partial charge in [0.15, 0.2) is 0 Å². The van der Waals surface area contributed by atoms with Crippen LogP contribution < -0.4 is 5.43 Å². The number of fused-ring (bicyclic) bond motifs is 1. The van der Waals surface area contributed by atoms with Crippen molar-refractivity contribution in [1.29, 1.82) is 0 Å². The topological polar surface area (TPSA) is 54.4 Å². The molecule has 0 radical (unpaired) electrons. The van der Waals surface area contributed by atoms with Gasteiger partial charge >= 0.3 is 0 Å². The largest absolute Gasteiger partial charge is 0.272 e. The number of aromatic nitrogens is 1. The number of hydrogen-bond donors (Lipinski definition) is 1. The monoisotopic (exact) mass is 265 g/mol. The highest BCUT2D eigenvalue weighted by Gasteiger charge is 2.15. The first-order valence-corrected chi connectivity index (χ1v) is 6.70. The number of nitrogens with zero attached hydrogens (tertiary/aromatic N) is 2. The standard InChI is InChI=1S/C16H15N3O/c20-16(13-7-4-10-17-11-13)19-18-15-9-3-6-12-5-1-2-8-14(12)15/h1-2,4-5,7-8,10-11H,3,6,9H2,(H,19,20)/b18-15-. The Kier molecular flexibility index (Phi) is 3.54. The Morgan fingerprint density at radius 1 is 1.15 bits per heavy atom. The molecule has 3 rings (SSSR count). The number of hydrogen-bond acceptors (Lipinski definition) is 3. The van der Waals surface area contributed by atoms with E-state index in [9.17, 15) is 4.79 Å². The average Bonchev–Trinajstić information content (AvgIpc) is 2.53. The van der Waals surface area contributed by atoms with Gasteiger partial charge in [0.05, 0.1) is 11.3 Å². The van der Waals surface area contributed by atoms with E-state index < -0.39 is 0 Å². The fraction of sp³-hybridized carbons (Fsp3) is 0.188. The minimum Gasteiger partial charge on any atom is -0.267 e. The maximum atomic E-state index is 11.9. The number of carbonyl (C=O) groups is 1. The van der Waals surface area contributed by atoms with Crippen molar-refractivity contribution < 1.29 is 4.79 Å². The van der Waals surface area contributed by atoms with E-state index in [-0.39, 0.29) is 5.91 Å². The van der Waals surface area contributed by atoms with Gasteiger partial charge < -0.3 is 0 Å². The van der Waals surface area contributed by atoms with Crippen molar-refractivity contribution in [2.75, 3.05) is 0 Å². The van der Waals surface area contributed by atoms with E-state index in [4.69, 9.17) is 0 Å². The smallest absolute Gasteiger partial charge is 0.267 e. The zero-order valence-corrected chi connectivity index (χ0v) is 11.0. The molecular weight excluding hydrogens is 250 g/mol. The molecule has 0 unspecified atom stereocenters. The molecule has 20 heavy (non-hydrogen) atoms. The van der Waals surface area contributed by atoms with E-state index in [1.807, 2.05) is 12.1 Å². The van der Waals surface area contributed by atoms with Gasteiger partial charge in [0, 0.05) is 18.0 Å². The molecule has 0 fully saturated rings. The lowest BCUT2D eigenvalue weighted by Gasteiger charge is -2.17. The first-order valence-electron chi connectivity index (χ1n) is 6.70. The summed E-state index contributed by atoms with van der Waals surface area (Å²) in [6.45, 7) is 0. The number of rotatable bonds is 2. The summed E-state index contributed by atoms with van der Waals surface area (Å²) in [6, 6.07) is 11.7. The Bertz CT molecular complexity index is 650. The zero-order chi connectivity index (χ0) is 13.8. The third-order valence-corrected chi connectivity index (χ3v) is 3.40. The van der Waals surface area contributed by atoms with Gasteiger partial charge in [0.2, 0.25) is 0 Å². The van der Waals surface area contributed by atoms with Crippen LogP contribution in [0.25, 0.3) is 0 Å². The van der Waals surface area contributed by atoms with Crippen molar-refractivity contribution in [3.63, 3.8) is 0 Å². The van der Waals surface area contributed by atoms with Crippen LogP contribution in [-0.4, -0.2) is 16.6 Å². The molecule has 1 aliphatic carbocycles. The summed E-state index contributed by atoms with van der Waals surface area (Å²) < 4.78 is 0. The Morgan fingerprint density at radius 3 is 2.90 bits per heavy atom. The summed E-state index contributed by atoms with van der Waals surface area (Å²) in [6.07, 6.45) is 6.21. The van der Waals surface area contributed by atoms with Crippen molar-refractivity contribution in [1.82, 2.24) is 10.4 Å². The second-order valence-corrected chi connectivity index (χ2v) is 4.75. The minimum atomic E-state index is -0.228. The second-order valence-electron chi connectivity index (χ2n) is 4.75. The predicted octanol–water partition coefficient (Wildman–Crippen LogP) is 2.55. The first-order chi connectivity index (χ1) is 9.84. The van der Waals surface area contributed by atoms with E-state index in [1.165, 1.54) is 11.8 Å². The van der Waals surface area contributed by atoms with E-state index in [2.05, 4.69) is 27.6 Å². The highest BCUT2D eigenvalue weighted by molar-refractivity contribution is 6.04. The van der Waals surface area contributed by atoms with Gasteiger partial charge in [0.1, 0.15) is 0 Å². The van der Waals surface area contributed by atoms with Crippen LogP contribution in [0.15, 0.2) is 53.9 Å². The molecule has 100 valence electrons. The van der Waals surface area contributed by atoms with Crippen molar-refractivity contribution in [2.45, 2.75) is 19.3 Å². The van der Waals surface area contributed by atoms with Crippen LogP contribution in [0, 0.1) is 0 Å². The molecule has 0 atom stereocenters. The van der Waals surface area contributed by atoms with Crippen molar-refractivity contribution in [3.8, 4) is 0 Å². The average molecular weight is 265 g/mol. The van der Waals surface area contributed by atoms with Gasteiger partial charge in [-0.2, -0.15) is 5.10 Å². The van der Waals surface area contributed by atoms with E-state index in [0.717, 1.165) is 30.5 Å². The molecule has 0 bridgehead atoms. The molecule has 0 saturated carbocycles. The number of aryl methyl sites for hydroxylation is 1. The van der Waals surface area contributed by atoms with E-state index in [0.29, 0.717) is 5.56 Å². The van der Waals surface area contributed by atoms with Crippen molar-refractivity contribution in [2.24, 2.45) is 5.10 Å². The molecule has 2 aromatic rings. The van der Waals surface area contributed by atoms with Crippen molar-refractivity contribution in [3.05, 3.63) is 65.5 Å². The lowest BCUT2D eigenvalue weighted by molar-refractivity contribution is 0.0954. The molecular formula is C16H15N3O. The fourth-order valence-electron chi connectivity index (χ4n) is 2.40. The molecule has 4 nitrogen and oxygen atoms in total. The first kappa shape index (κ1) is 12.5. The molecule has 4 heteroatoms. The molecule has 1 N–H and O–H groups in total. The van der Waals surface area contributed by atoms with Crippen molar-refractivity contribution >= 4 is 11.6 Å². The maximum Gasteiger partial charge on any atom is 0.272 e. The quantitative estimate of drug-likeness (QED) is 0.848. The van der Waals surface area contributed by atoms with Gasteiger partial charge in [-0.1, -0.05) is 24.3 Å². The third kappa shape index (κ3) is 2.59. The number of nitrogens with one attached hydrogen (secondary N) is 1. The molecule has 1 aromatic carbocycles. The van der Waals surface area contributed by atoms with Gasteiger partial charge in [-0.3, -0.25) is 9.78 Å². The SMILES string of the molecule is O=C(N/N=C1/CCCc2ccccc21)c1cccnc1. The zero-order valence-electron chi connectivity index (χ0n) is 11.0. The Balaban J connectivity index is 1.79. The molecule has 0 aliphatic heterocycles. The Labute approximate surface area is 117 Å². The van der Waals surface area contributed by atoms with Crippen LogP contribution in [0.2, 0.25) is 0 Å². The number of hydrazone groups is 1. The van der Waals surface area contributed by atoms with Gasteiger partial charge in [-0.15, -0.1) is 0 Å². The van der Waals surface area contributed by atoms with E-state index >= 15 is 0 Å². The van der Waals surface area contributed by atoms with Crippen LogP contribution >= 0.6 is 0 Å². The van der Waals surface area contributed by atoms with Crippen LogP contribution in [0.3, 0.4) is 0 Å². The molecule has 0 spiro atoms. The molecule has 0 saturated heterocycles. The van der Waals surface area contributed by atoms with Crippen LogP contribution in [0.1, 0.15) is 34.3 Å². The summed E-state index contributed by atoms with van der Waals surface area (Å²) >= 11 is 0. The second kappa shape index (κ2) is 5.65. The van der Waals surface area contributed by atoms with Gasteiger partial charge in [-0.25, -0.2) is 5.43 Å². The summed E-state index contributed by atoms with van der Waals surface area (Å²) in [5.41, 5.74) is 6.52. The lowest BCUT2D eigenvalue weighted by Crippen LogP contribution is -2.22. The highest BCUT2D eigenvalue weighted by Crippen LogP contribution is 2.21. The number of pyridine rings is 1. The Hall–Kier alpha value is -2.49. The van der Waals surface area contributed by atoms with Crippen LogP contribution in [0.5, 0.6) is 0 Å². The summed E-state index contributed by atoms with van der Waals surface area (Å²) in [4.78, 5) is 15.9. The van der Waals surface area contributed by atoms with Gasteiger partial charge in [0.25, 0.3) is 5.91 Å². The fourth-order valence-corrected chi connectivity index (χ4v) is 2.40. The summed E-state index contributed by atoms with van der Waals surface area (Å²) in [5.74, 6) is -0.228. The molecule has 1 heterocycles. The van der Waals surface area contributed by atoms with Crippen LogP contribution in [-0.2, 0) is 6.42 Å². The van der Waals surface area contributed by atoms with E-state index in [1.54, 1.807) is 18.3 Å². The lowest BCUT2D eigenvalue weighted by atomic mass is 9.90. The molecule has 1 aliphatic rings. The maximum absolute atomic E-state index is 11.9. The third-order valence-electron chi connectivity index (χ3n) is 3.40. The minimum absolute atomic E-state index is 0.228. The Morgan fingerprint density at radius 2 is 2.05 bits per heavy atom. The number of benzene rings is 1. The number of carbonyl (C=O) groups excluding carboxylic acids is 1.